The summed E-state index contributed by atoms with van der Waals surface area (Å²) in [4.78, 5) is 9.44. The van der Waals surface area contributed by atoms with Gasteiger partial charge in [0.1, 0.15) is 11.4 Å². The van der Waals surface area contributed by atoms with Crippen molar-refractivity contribution < 1.29 is 17.9 Å². The third-order valence-corrected chi connectivity index (χ3v) is 4.36. The van der Waals surface area contributed by atoms with Gasteiger partial charge in [0.15, 0.2) is 0 Å². The van der Waals surface area contributed by atoms with E-state index in [4.69, 9.17) is 16.3 Å². The van der Waals surface area contributed by atoms with Gasteiger partial charge in [-0.1, -0.05) is 23.7 Å². The lowest BCUT2D eigenvalue weighted by atomic mass is 9.99. The molecule has 1 aromatic carbocycles. The average Bonchev–Trinajstić information content (AvgIpc) is 2.61. The number of hydrogen-bond acceptors (Lipinski definition) is 4. The highest BCUT2D eigenvalue weighted by Crippen LogP contribution is 2.29. The summed E-state index contributed by atoms with van der Waals surface area (Å²) in [5.74, 6) is 0.886. The third kappa shape index (κ3) is 4.54. The van der Waals surface area contributed by atoms with Crippen LogP contribution in [0.4, 0.5) is 19.1 Å². The molecule has 0 radical (unpaired) electrons. The third-order valence-electron chi connectivity index (χ3n) is 4.05. The van der Waals surface area contributed by atoms with Crippen molar-refractivity contribution in [2.45, 2.75) is 19.0 Å². The van der Waals surface area contributed by atoms with Gasteiger partial charge in [0.05, 0.1) is 11.6 Å². The monoisotopic (exact) mass is 371 g/mol. The zero-order chi connectivity index (χ0) is 17.9. The van der Waals surface area contributed by atoms with Gasteiger partial charge in [0, 0.05) is 25.2 Å². The Labute approximate surface area is 148 Å². The number of piperidine rings is 1. The Morgan fingerprint density at radius 2 is 2.04 bits per heavy atom. The van der Waals surface area contributed by atoms with Crippen molar-refractivity contribution in [3.8, 4) is 5.75 Å². The molecular weight excluding hydrogens is 355 g/mol. The van der Waals surface area contributed by atoms with Gasteiger partial charge in [-0.05, 0) is 31.0 Å². The fourth-order valence-electron chi connectivity index (χ4n) is 2.81. The SMILES string of the molecule is FC(F)(F)c1ccnc(N2CCCC(COc3ccccc3Cl)C2)n1. The summed E-state index contributed by atoms with van der Waals surface area (Å²) >= 11 is 6.06. The summed E-state index contributed by atoms with van der Waals surface area (Å²) in [5.41, 5.74) is -0.924. The molecule has 1 aliphatic heterocycles. The summed E-state index contributed by atoms with van der Waals surface area (Å²) in [6, 6.07) is 8.08. The molecule has 0 bridgehead atoms. The molecule has 4 nitrogen and oxygen atoms in total. The lowest BCUT2D eigenvalue weighted by Gasteiger charge is -2.32. The molecule has 2 heterocycles. The van der Waals surface area contributed by atoms with E-state index in [0.717, 1.165) is 25.1 Å². The van der Waals surface area contributed by atoms with Crippen molar-refractivity contribution in [1.29, 1.82) is 0 Å². The number of hydrogen-bond donors (Lipinski definition) is 0. The van der Waals surface area contributed by atoms with Gasteiger partial charge in [-0.2, -0.15) is 13.2 Å². The first-order valence-electron chi connectivity index (χ1n) is 7.96. The molecule has 1 saturated heterocycles. The molecule has 1 unspecified atom stereocenters. The minimum atomic E-state index is -4.47. The minimum absolute atomic E-state index is 0.109. The molecule has 1 atom stereocenters. The zero-order valence-corrected chi connectivity index (χ0v) is 14.1. The molecule has 0 amide bonds. The van der Waals surface area contributed by atoms with E-state index < -0.39 is 11.9 Å². The van der Waals surface area contributed by atoms with Crippen LogP contribution in [0.5, 0.6) is 5.75 Å². The maximum Gasteiger partial charge on any atom is 0.433 e. The molecule has 2 aromatic rings. The summed E-state index contributed by atoms with van der Waals surface area (Å²) in [7, 11) is 0. The second-order valence-corrected chi connectivity index (χ2v) is 6.34. The Morgan fingerprint density at radius 1 is 1.24 bits per heavy atom. The Balaban J connectivity index is 1.64. The molecule has 25 heavy (non-hydrogen) atoms. The molecule has 1 aliphatic rings. The second-order valence-electron chi connectivity index (χ2n) is 5.94. The largest absolute Gasteiger partial charge is 0.492 e. The van der Waals surface area contributed by atoms with Crippen LogP contribution in [0.3, 0.4) is 0 Å². The Kier molecular flexibility index (Phi) is 5.32. The van der Waals surface area contributed by atoms with Crippen LogP contribution >= 0.6 is 11.6 Å². The molecule has 1 fully saturated rings. The predicted octanol–water partition coefficient (Wildman–Crippen LogP) is 4.44. The molecule has 8 heteroatoms. The molecule has 1 aromatic heterocycles. The number of halogens is 4. The van der Waals surface area contributed by atoms with E-state index in [2.05, 4.69) is 9.97 Å². The topological polar surface area (TPSA) is 38.2 Å². The van der Waals surface area contributed by atoms with Gasteiger partial charge in [0.25, 0.3) is 0 Å². The number of rotatable bonds is 4. The lowest BCUT2D eigenvalue weighted by molar-refractivity contribution is -0.141. The average molecular weight is 372 g/mol. The summed E-state index contributed by atoms with van der Waals surface area (Å²) in [5, 5.41) is 0.538. The van der Waals surface area contributed by atoms with Gasteiger partial charge in [-0.3, -0.25) is 0 Å². The zero-order valence-electron chi connectivity index (χ0n) is 13.3. The van der Waals surface area contributed by atoms with Crippen LogP contribution in [0, 0.1) is 5.92 Å². The highest BCUT2D eigenvalue weighted by Gasteiger charge is 2.33. The van der Waals surface area contributed by atoms with Crippen molar-refractivity contribution in [3.63, 3.8) is 0 Å². The van der Waals surface area contributed by atoms with E-state index in [0.29, 0.717) is 30.5 Å². The van der Waals surface area contributed by atoms with Crippen LogP contribution in [0.25, 0.3) is 0 Å². The molecule has 3 rings (SSSR count). The molecule has 0 aliphatic carbocycles. The maximum absolute atomic E-state index is 12.8. The first-order valence-corrected chi connectivity index (χ1v) is 8.34. The molecule has 0 N–H and O–H groups in total. The van der Waals surface area contributed by atoms with Crippen LogP contribution < -0.4 is 9.64 Å². The maximum atomic E-state index is 12.8. The summed E-state index contributed by atoms with van der Waals surface area (Å²) in [6.07, 6.45) is -1.55. The Bertz CT molecular complexity index is 726. The number of nitrogens with zero attached hydrogens (tertiary/aromatic N) is 3. The van der Waals surface area contributed by atoms with Gasteiger partial charge in [-0.15, -0.1) is 0 Å². The number of alkyl halides is 3. The van der Waals surface area contributed by atoms with E-state index in [1.807, 2.05) is 12.1 Å². The van der Waals surface area contributed by atoms with Crippen molar-refractivity contribution in [2.75, 3.05) is 24.6 Å². The van der Waals surface area contributed by atoms with Crippen LogP contribution in [-0.2, 0) is 6.18 Å². The highest BCUT2D eigenvalue weighted by atomic mass is 35.5. The molecule has 134 valence electrons. The van der Waals surface area contributed by atoms with Crippen LogP contribution in [0.2, 0.25) is 5.02 Å². The Hall–Kier alpha value is -2.02. The van der Waals surface area contributed by atoms with E-state index in [9.17, 15) is 13.2 Å². The first kappa shape index (κ1) is 17.8. The standard InChI is InChI=1S/C17H17ClF3N3O/c18-13-5-1-2-6-14(13)25-11-12-4-3-9-24(10-12)16-22-8-7-15(23-16)17(19,20)21/h1-2,5-8,12H,3-4,9-11H2. The predicted molar refractivity (Wildman–Crippen MR) is 88.9 cm³/mol. The van der Waals surface area contributed by atoms with Crippen molar-refractivity contribution >= 4 is 17.5 Å². The minimum Gasteiger partial charge on any atom is -0.492 e. The van der Waals surface area contributed by atoms with Gasteiger partial charge in [0.2, 0.25) is 5.95 Å². The van der Waals surface area contributed by atoms with Crippen molar-refractivity contribution in [3.05, 3.63) is 47.2 Å². The van der Waals surface area contributed by atoms with Gasteiger partial charge in [-0.25, -0.2) is 9.97 Å². The fourth-order valence-corrected chi connectivity index (χ4v) is 3.00. The Morgan fingerprint density at radius 3 is 2.80 bits per heavy atom. The summed E-state index contributed by atoms with van der Waals surface area (Å²) < 4.78 is 44.2. The smallest absolute Gasteiger partial charge is 0.433 e. The van der Waals surface area contributed by atoms with Crippen molar-refractivity contribution in [1.82, 2.24) is 9.97 Å². The normalized spacial score (nSPS) is 18.2. The van der Waals surface area contributed by atoms with Crippen LogP contribution in [0.15, 0.2) is 36.5 Å². The number of benzene rings is 1. The fraction of sp³-hybridized carbons (Fsp3) is 0.412. The van der Waals surface area contributed by atoms with Crippen LogP contribution in [-0.4, -0.2) is 29.7 Å². The van der Waals surface area contributed by atoms with E-state index >= 15 is 0 Å². The highest BCUT2D eigenvalue weighted by molar-refractivity contribution is 6.32. The van der Waals surface area contributed by atoms with Gasteiger partial charge < -0.3 is 9.64 Å². The van der Waals surface area contributed by atoms with Crippen LogP contribution in [0.1, 0.15) is 18.5 Å². The quantitative estimate of drug-likeness (QED) is 0.796. The number of aromatic nitrogens is 2. The van der Waals surface area contributed by atoms with E-state index in [1.54, 1.807) is 17.0 Å². The van der Waals surface area contributed by atoms with Gasteiger partial charge >= 0.3 is 6.18 Å². The van der Waals surface area contributed by atoms with E-state index in [1.165, 1.54) is 0 Å². The van der Waals surface area contributed by atoms with Crippen molar-refractivity contribution in [2.24, 2.45) is 5.92 Å². The number of para-hydroxylation sites is 1. The number of ether oxygens (including phenoxy) is 1. The number of anilines is 1. The second kappa shape index (κ2) is 7.47. The first-order chi connectivity index (χ1) is 11.9. The molecular formula is C17H17ClF3N3O. The molecule has 0 spiro atoms. The van der Waals surface area contributed by atoms with E-state index in [-0.39, 0.29) is 11.9 Å². The lowest BCUT2D eigenvalue weighted by Crippen LogP contribution is -2.39. The molecule has 0 saturated carbocycles. The summed E-state index contributed by atoms with van der Waals surface area (Å²) in [6.45, 7) is 1.62.